The van der Waals surface area contributed by atoms with Crippen molar-refractivity contribution in [2.45, 2.75) is 32.7 Å². The number of non-ortho nitro benzene ring substituents is 1. The molecule has 180 valence electrons. The number of amides is 1. The van der Waals surface area contributed by atoms with E-state index in [9.17, 15) is 14.9 Å². The molecule has 1 amide bonds. The van der Waals surface area contributed by atoms with Crippen LogP contribution in [0.3, 0.4) is 0 Å². The average Bonchev–Trinajstić information content (AvgIpc) is 3.19. The summed E-state index contributed by atoms with van der Waals surface area (Å²) in [5.74, 6) is -0.0163. The first-order valence-corrected chi connectivity index (χ1v) is 12.0. The highest BCUT2D eigenvalue weighted by Gasteiger charge is 2.24. The Labute approximate surface area is 209 Å². The van der Waals surface area contributed by atoms with E-state index in [2.05, 4.69) is 9.88 Å². The molecule has 0 radical (unpaired) electrons. The van der Waals surface area contributed by atoms with E-state index in [1.807, 2.05) is 74.6 Å². The number of nitro benzene ring substituents is 1. The zero-order valence-electron chi connectivity index (χ0n) is 19.8. The summed E-state index contributed by atoms with van der Waals surface area (Å²) >= 11 is 6.14. The topological polar surface area (TPSA) is 77.2 Å². The van der Waals surface area contributed by atoms with E-state index in [0.717, 1.165) is 27.6 Å². The molecule has 0 bridgehead atoms. The summed E-state index contributed by atoms with van der Waals surface area (Å²) in [5.41, 5.74) is 3.83. The normalized spacial score (nSPS) is 12.1. The summed E-state index contributed by atoms with van der Waals surface area (Å²) in [6, 6.07) is 22.4. The van der Waals surface area contributed by atoms with Crippen molar-refractivity contribution < 1.29 is 9.72 Å². The highest BCUT2D eigenvalue weighted by atomic mass is 35.5. The minimum atomic E-state index is -0.385. The Morgan fingerprint density at radius 2 is 1.77 bits per heavy atom. The third-order valence-corrected chi connectivity index (χ3v) is 6.30. The summed E-state index contributed by atoms with van der Waals surface area (Å²) in [5, 5.41) is 16.0. The molecule has 7 heteroatoms. The molecule has 0 saturated carbocycles. The molecule has 1 aromatic heterocycles. The summed E-state index contributed by atoms with van der Waals surface area (Å²) in [6.45, 7) is 5.30. The Hall–Kier alpha value is -3.64. The van der Waals surface area contributed by atoms with E-state index in [0.29, 0.717) is 24.0 Å². The number of aromatic nitrogens is 1. The Kier molecular flexibility index (Phi) is 7.51. The molecular formula is C28H28ClN3O3. The average molecular weight is 490 g/mol. The number of fused-ring (bicyclic) bond motifs is 1. The summed E-state index contributed by atoms with van der Waals surface area (Å²) in [7, 11) is 0. The highest BCUT2D eigenvalue weighted by Crippen LogP contribution is 2.37. The van der Waals surface area contributed by atoms with E-state index in [1.165, 1.54) is 6.07 Å². The van der Waals surface area contributed by atoms with Crippen molar-refractivity contribution in [2.24, 2.45) is 5.92 Å². The standard InChI is InChI=1S/C28H28ClN3O3/c1-19(2)16-30-28(33)15-24(21-8-10-22(29)11-9-21)26-18-31(17-20-6-4-3-5-7-20)27-13-12-23(32(34)35)14-25(26)27/h3-14,18-19,24H,15-17H2,1-2H3,(H,30,33). The fourth-order valence-electron chi connectivity index (χ4n) is 4.29. The van der Waals surface area contributed by atoms with Gasteiger partial charge in [0.15, 0.2) is 0 Å². The third-order valence-electron chi connectivity index (χ3n) is 6.05. The molecule has 1 heterocycles. The third kappa shape index (κ3) is 5.89. The quantitative estimate of drug-likeness (QED) is 0.214. The molecular weight excluding hydrogens is 462 g/mol. The number of benzene rings is 3. The van der Waals surface area contributed by atoms with Crippen LogP contribution in [0.25, 0.3) is 10.9 Å². The van der Waals surface area contributed by atoms with Crippen LogP contribution < -0.4 is 5.32 Å². The Morgan fingerprint density at radius 1 is 1.06 bits per heavy atom. The maximum atomic E-state index is 12.9. The maximum Gasteiger partial charge on any atom is 0.270 e. The summed E-state index contributed by atoms with van der Waals surface area (Å²) in [4.78, 5) is 24.1. The molecule has 0 aliphatic rings. The van der Waals surface area contributed by atoms with Crippen molar-refractivity contribution in [1.29, 1.82) is 0 Å². The van der Waals surface area contributed by atoms with Crippen LogP contribution in [0.4, 0.5) is 5.69 Å². The minimum absolute atomic E-state index is 0.0235. The lowest BCUT2D eigenvalue weighted by atomic mass is 9.88. The largest absolute Gasteiger partial charge is 0.356 e. The van der Waals surface area contributed by atoms with Gasteiger partial charge in [0.2, 0.25) is 5.91 Å². The van der Waals surface area contributed by atoms with Crippen LogP contribution in [0.15, 0.2) is 79.0 Å². The first-order valence-electron chi connectivity index (χ1n) is 11.6. The van der Waals surface area contributed by atoms with E-state index >= 15 is 0 Å². The number of hydrogen-bond acceptors (Lipinski definition) is 3. The molecule has 0 aliphatic heterocycles. The number of rotatable bonds is 9. The van der Waals surface area contributed by atoms with Crippen molar-refractivity contribution in [3.05, 3.63) is 111 Å². The van der Waals surface area contributed by atoms with Crippen LogP contribution in [0.2, 0.25) is 5.02 Å². The first kappa shape index (κ1) is 24.5. The van der Waals surface area contributed by atoms with Gasteiger partial charge in [0.05, 0.1) is 4.92 Å². The highest BCUT2D eigenvalue weighted by molar-refractivity contribution is 6.30. The molecule has 1 N–H and O–H groups in total. The Morgan fingerprint density at radius 3 is 2.43 bits per heavy atom. The van der Waals surface area contributed by atoms with Gasteiger partial charge in [-0.05, 0) is 40.8 Å². The SMILES string of the molecule is CC(C)CNC(=O)CC(c1ccc(Cl)cc1)c1cn(Cc2ccccc2)c2ccc([N+](=O)[O-])cc12. The molecule has 35 heavy (non-hydrogen) atoms. The zero-order chi connectivity index (χ0) is 24.9. The smallest absolute Gasteiger partial charge is 0.270 e. The van der Waals surface area contributed by atoms with Crippen LogP contribution in [-0.4, -0.2) is 21.9 Å². The van der Waals surface area contributed by atoms with Crippen LogP contribution in [0.5, 0.6) is 0 Å². The van der Waals surface area contributed by atoms with Crippen molar-refractivity contribution >= 4 is 34.1 Å². The first-order chi connectivity index (χ1) is 16.8. The van der Waals surface area contributed by atoms with Crippen LogP contribution >= 0.6 is 11.6 Å². The van der Waals surface area contributed by atoms with Gasteiger partial charge in [0.1, 0.15) is 0 Å². The van der Waals surface area contributed by atoms with Gasteiger partial charge >= 0.3 is 0 Å². The number of nitrogens with one attached hydrogen (secondary N) is 1. The van der Waals surface area contributed by atoms with Gasteiger partial charge in [-0.2, -0.15) is 0 Å². The van der Waals surface area contributed by atoms with E-state index < -0.39 is 0 Å². The zero-order valence-corrected chi connectivity index (χ0v) is 20.5. The maximum absolute atomic E-state index is 12.9. The molecule has 0 fully saturated rings. The molecule has 4 rings (SSSR count). The second kappa shape index (κ2) is 10.7. The summed E-state index contributed by atoms with van der Waals surface area (Å²) < 4.78 is 2.10. The van der Waals surface area contributed by atoms with Gasteiger partial charge in [-0.1, -0.05) is 67.9 Å². The number of carbonyl (C=O) groups is 1. The molecule has 1 atom stereocenters. The molecule has 0 saturated heterocycles. The van der Waals surface area contributed by atoms with Gasteiger partial charge in [-0.3, -0.25) is 14.9 Å². The van der Waals surface area contributed by atoms with Gasteiger partial charge in [-0.25, -0.2) is 0 Å². The van der Waals surface area contributed by atoms with Crippen molar-refractivity contribution in [3.8, 4) is 0 Å². The van der Waals surface area contributed by atoms with E-state index in [4.69, 9.17) is 11.6 Å². The molecule has 1 unspecified atom stereocenters. The molecule has 0 spiro atoms. The van der Waals surface area contributed by atoms with E-state index in [-0.39, 0.29) is 28.9 Å². The minimum Gasteiger partial charge on any atom is -0.356 e. The monoisotopic (exact) mass is 489 g/mol. The number of nitrogens with zero attached hydrogens (tertiary/aromatic N) is 2. The second-order valence-electron chi connectivity index (χ2n) is 9.16. The van der Waals surface area contributed by atoms with Gasteiger partial charge in [0.25, 0.3) is 5.69 Å². The lowest BCUT2D eigenvalue weighted by Gasteiger charge is -2.18. The number of halogens is 1. The number of nitro groups is 1. The molecule has 0 aliphatic carbocycles. The van der Waals surface area contributed by atoms with Crippen molar-refractivity contribution in [3.63, 3.8) is 0 Å². The van der Waals surface area contributed by atoms with E-state index in [1.54, 1.807) is 12.1 Å². The second-order valence-corrected chi connectivity index (χ2v) is 9.60. The fourth-order valence-corrected chi connectivity index (χ4v) is 4.42. The predicted octanol–water partition coefficient (Wildman–Crippen LogP) is 6.55. The van der Waals surface area contributed by atoms with Crippen molar-refractivity contribution in [2.75, 3.05) is 6.54 Å². The molecule has 3 aromatic carbocycles. The fraction of sp³-hybridized carbons (Fsp3) is 0.250. The molecule has 4 aromatic rings. The number of carbonyl (C=O) groups excluding carboxylic acids is 1. The molecule has 6 nitrogen and oxygen atoms in total. The van der Waals surface area contributed by atoms with Crippen LogP contribution in [0, 0.1) is 16.0 Å². The van der Waals surface area contributed by atoms with Gasteiger partial charge < -0.3 is 9.88 Å². The lowest BCUT2D eigenvalue weighted by molar-refractivity contribution is -0.384. The van der Waals surface area contributed by atoms with Crippen LogP contribution in [-0.2, 0) is 11.3 Å². The lowest BCUT2D eigenvalue weighted by Crippen LogP contribution is -2.28. The predicted molar refractivity (Wildman–Crippen MR) is 140 cm³/mol. The Bertz CT molecular complexity index is 1330. The summed E-state index contributed by atoms with van der Waals surface area (Å²) in [6.07, 6.45) is 2.25. The van der Waals surface area contributed by atoms with Gasteiger partial charge in [-0.15, -0.1) is 0 Å². The van der Waals surface area contributed by atoms with Crippen molar-refractivity contribution in [1.82, 2.24) is 9.88 Å². The van der Waals surface area contributed by atoms with Crippen LogP contribution in [0.1, 0.15) is 42.9 Å². The number of hydrogen-bond donors (Lipinski definition) is 1. The van der Waals surface area contributed by atoms with Gasteiger partial charge in [0, 0.05) is 59.7 Å². The Balaban J connectivity index is 1.83.